The summed E-state index contributed by atoms with van der Waals surface area (Å²) in [6.45, 7) is 3.63. The van der Waals surface area contributed by atoms with Crippen LogP contribution < -0.4 is 15.4 Å². The molecule has 1 amide bonds. The third-order valence-electron chi connectivity index (χ3n) is 4.80. The number of piperidine rings is 1. The van der Waals surface area contributed by atoms with E-state index in [2.05, 4.69) is 15.6 Å². The summed E-state index contributed by atoms with van der Waals surface area (Å²) in [6.07, 6.45) is 1.69. The SMILES string of the molecule is CCNC(=NCC(=O)Nc1ccc(F)c(F)c1F)N1CCC(Oc2ccccc2)CC1. The summed E-state index contributed by atoms with van der Waals surface area (Å²) >= 11 is 0. The number of rotatable bonds is 6. The summed E-state index contributed by atoms with van der Waals surface area (Å²) < 4.78 is 46.1. The predicted molar refractivity (Wildman–Crippen MR) is 113 cm³/mol. The van der Waals surface area contributed by atoms with Gasteiger partial charge in [-0.1, -0.05) is 18.2 Å². The van der Waals surface area contributed by atoms with E-state index in [1.165, 1.54) is 0 Å². The van der Waals surface area contributed by atoms with Crippen molar-refractivity contribution < 1.29 is 22.7 Å². The Bertz CT molecular complexity index is 916. The van der Waals surface area contributed by atoms with E-state index in [-0.39, 0.29) is 12.6 Å². The number of hydrogen-bond acceptors (Lipinski definition) is 3. The average molecular weight is 434 g/mol. The van der Waals surface area contributed by atoms with Gasteiger partial charge in [-0.25, -0.2) is 18.2 Å². The molecule has 0 aliphatic carbocycles. The molecule has 0 unspecified atom stereocenters. The molecule has 6 nitrogen and oxygen atoms in total. The number of ether oxygens (including phenoxy) is 1. The quantitative estimate of drug-likeness (QED) is 0.415. The van der Waals surface area contributed by atoms with Gasteiger partial charge in [-0.2, -0.15) is 0 Å². The van der Waals surface area contributed by atoms with Gasteiger partial charge in [-0.05, 0) is 31.2 Å². The number of benzene rings is 2. The number of carbonyl (C=O) groups excluding carboxylic acids is 1. The number of nitrogens with one attached hydrogen (secondary N) is 2. The molecule has 1 heterocycles. The highest BCUT2D eigenvalue weighted by Gasteiger charge is 2.23. The number of carbonyl (C=O) groups is 1. The lowest BCUT2D eigenvalue weighted by molar-refractivity contribution is -0.114. The van der Waals surface area contributed by atoms with Gasteiger partial charge in [-0.3, -0.25) is 4.79 Å². The van der Waals surface area contributed by atoms with Gasteiger partial charge in [0, 0.05) is 32.5 Å². The smallest absolute Gasteiger partial charge is 0.246 e. The first-order chi connectivity index (χ1) is 15.0. The highest BCUT2D eigenvalue weighted by molar-refractivity contribution is 5.94. The largest absolute Gasteiger partial charge is 0.490 e. The van der Waals surface area contributed by atoms with E-state index in [0.717, 1.165) is 30.7 Å². The maximum atomic E-state index is 13.7. The van der Waals surface area contributed by atoms with E-state index in [1.54, 1.807) is 0 Å². The lowest BCUT2D eigenvalue weighted by Crippen LogP contribution is -2.47. The number of aliphatic imine (C=N–C) groups is 1. The summed E-state index contributed by atoms with van der Waals surface area (Å²) in [4.78, 5) is 18.5. The van der Waals surface area contributed by atoms with Crippen molar-refractivity contribution in [2.75, 3.05) is 31.5 Å². The molecule has 2 N–H and O–H groups in total. The summed E-state index contributed by atoms with van der Waals surface area (Å²) in [5.41, 5.74) is -0.428. The van der Waals surface area contributed by atoms with Crippen molar-refractivity contribution in [2.24, 2.45) is 4.99 Å². The number of guanidine groups is 1. The first-order valence-electron chi connectivity index (χ1n) is 10.2. The second kappa shape index (κ2) is 10.7. The molecule has 0 bridgehead atoms. The molecule has 31 heavy (non-hydrogen) atoms. The Balaban J connectivity index is 1.55. The number of nitrogens with zero attached hydrogens (tertiary/aromatic N) is 2. The lowest BCUT2D eigenvalue weighted by atomic mass is 10.1. The van der Waals surface area contributed by atoms with Crippen molar-refractivity contribution in [1.29, 1.82) is 0 Å². The lowest BCUT2D eigenvalue weighted by Gasteiger charge is -2.34. The van der Waals surface area contributed by atoms with Crippen LogP contribution in [0.1, 0.15) is 19.8 Å². The van der Waals surface area contributed by atoms with Crippen LogP contribution in [0.25, 0.3) is 0 Å². The van der Waals surface area contributed by atoms with E-state index in [0.29, 0.717) is 25.6 Å². The summed E-state index contributed by atoms with van der Waals surface area (Å²) in [6, 6.07) is 11.4. The maximum absolute atomic E-state index is 13.7. The fraction of sp³-hybridized carbons (Fsp3) is 0.364. The predicted octanol–water partition coefficient (Wildman–Crippen LogP) is 3.55. The Morgan fingerprint density at radius 3 is 2.48 bits per heavy atom. The van der Waals surface area contributed by atoms with Crippen LogP contribution >= 0.6 is 0 Å². The molecule has 2 aromatic carbocycles. The zero-order valence-corrected chi connectivity index (χ0v) is 17.2. The molecular formula is C22H25F3N4O2. The first-order valence-corrected chi connectivity index (χ1v) is 10.2. The Morgan fingerprint density at radius 2 is 1.81 bits per heavy atom. The summed E-state index contributed by atoms with van der Waals surface area (Å²) in [5, 5.41) is 5.35. The van der Waals surface area contributed by atoms with Crippen LogP contribution in [-0.2, 0) is 4.79 Å². The van der Waals surface area contributed by atoms with Crippen molar-refractivity contribution >= 4 is 17.6 Å². The third kappa shape index (κ3) is 6.13. The van der Waals surface area contributed by atoms with Crippen molar-refractivity contribution in [3.63, 3.8) is 0 Å². The maximum Gasteiger partial charge on any atom is 0.246 e. The Kier molecular flexibility index (Phi) is 7.75. The van der Waals surface area contributed by atoms with Gasteiger partial charge in [0.25, 0.3) is 0 Å². The number of amides is 1. The molecule has 0 atom stereocenters. The molecule has 0 aromatic heterocycles. The normalized spacial score (nSPS) is 15.0. The van der Waals surface area contributed by atoms with E-state index in [1.807, 2.05) is 42.2 Å². The molecule has 1 aliphatic rings. The number of para-hydroxylation sites is 1. The number of halogens is 3. The third-order valence-corrected chi connectivity index (χ3v) is 4.80. The van der Waals surface area contributed by atoms with Crippen molar-refractivity contribution in [3.05, 3.63) is 59.9 Å². The van der Waals surface area contributed by atoms with Crippen molar-refractivity contribution in [1.82, 2.24) is 10.2 Å². The first kappa shape index (κ1) is 22.5. The Hall–Kier alpha value is -3.23. The van der Waals surface area contributed by atoms with Crippen LogP contribution in [-0.4, -0.2) is 49.0 Å². The Labute approximate surface area is 179 Å². The van der Waals surface area contributed by atoms with Crippen LogP contribution in [0.3, 0.4) is 0 Å². The van der Waals surface area contributed by atoms with Crippen molar-refractivity contribution in [3.8, 4) is 5.75 Å². The van der Waals surface area contributed by atoms with Crippen LogP contribution in [0, 0.1) is 17.5 Å². The second-order valence-electron chi connectivity index (χ2n) is 7.06. The van der Waals surface area contributed by atoms with Crippen LogP contribution in [0.2, 0.25) is 0 Å². The highest BCUT2D eigenvalue weighted by Crippen LogP contribution is 2.20. The van der Waals surface area contributed by atoms with Crippen LogP contribution in [0.15, 0.2) is 47.5 Å². The molecular weight excluding hydrogens is 409 g/mol. The number of hydrogen-bond donors (Lipinski definition) is 2. The van der Waals surface area contributed by atoms with Gasteiger partial charge in [0.2, 0.25) is 5.91 Å². The van der Waals surface area contributed by atoms with Gasteiger partial charge in [-0.15, -0.1) is 0 Å². The van der Waals surface area contributed by atoms with E-state index < -0.39 is 29.0 Å². The molecule has 0 saturated carbocycles. The molecule has 1 saturated heterocycles. The monoisotopic (exact) mass is 434 g/mol. The average Bonchev–Trinajstić information content (AvgIpc) is 2.78. The standard InChI is InChI=1S/C22H25F3N4O2/c1-2-26-22(27-14-19(30)28-18-9-8-17(23)20(24)21(18)25)29-12-10-16(11-13-29)31-15-6-4-3-5-7-15/h3-9,16H,2,10-14H2,1H3,(H,26,27)(H,28,30). The Morgan fingerprint density at radius 1 is 1.10 bits per heavy atom. The minimum atomic E-state index is -1.63. The minimum Gasteiger partial charge on any atom is -0.490 e. The van der Waals surface area contributed by atoms with Gasteiger partial charge < -0.3 is 20.3 Å². The zero-order chi connectivity index (χ0) is 22.2. The van der Waals surface area contributed by atoms with E-state index in [9.17, 15) is 18.0 Å². The van der Waals surface area contributed by atoms with E-state index >= 15 is 0 Å². The topological polar surface area (TPSA) is 66.0 Å². The molecule has 1 fully saturated rings. The molecule has 1 aliphatic heterocycles. The molecule has 0 radical (unpaired) electrons. The zero-order valence-electron chi connectivity index (χ0n) is 17.2. The number of likely N-dealkylation sites (tertiary alicyclic amines) is 1. The van der Waals surface area contributed by atoms with Gasteiger partial charge in [0.1, 0.15) is 18.4 Å². The fourth-order valence-electron chi connectivity index (χ4n) is 3.26. The molecule has 3 rings (SSSR count). The van der Waals surface area contributed by atoms with Gasteiger partial charge >= 0.3 is 0 Å². The molecule has 0 spiro atoms. The molecule has 166 valence electrons. The fourth-order valence-corrected chi connectivity index (χ4v) is 3.26. The molecule has 9 heteroatoms. The van der Waals surface area contributed by atoms with Crippen LogP contribution in [0.5, 0.6) is 5.75 Å². The number of anilines is 1. The van der Waals surface area contributed by atoms with E-state index in [4.69, 9.17) is 4.74 Å². The second-order valence-corrected chi connectivity index (χ2v) is 7.06. The minimum absolute atomic E-state index is 0.0983. The molecule has 2 aromatic rings. The summed E-state index contributed by atoms with van der Waals surface area (Å²) in [7, 11) is 0. The summed E-state index contributed by atoms with van der Waals surface area (Å²) in [5.74, 6) is -3.63. The van der Waals surface area contributed by atoms with Crippen LogP contribution in [0.4, 0.5) is 18.9 Å². The van der Waals surface area contributed by atoms with Gasteiger partial charge in [0.05, 0.1) is 5.69 Å². The van der Waals surface area contributed by atoms with Gasteiger partial charge in [0.15, 0.2) is 23.4 Å². The van der Waals surface area contributed by atoms with Crippen molar-refractivity contribution in [2.45, 2.75) is 25.9 Å². The highest BCUT2D eigenvalue weighted by atomic mass is 19.2.